The van der Waals surface area contributed by atoms with Gasteiger partial charge in [-0.15, -0.1) is 0 Å². The molecule has 200 valence electrons. The summed E-state index contributed by atoms with van der Waals surface area (Å²) in [5.74, 6) is 0.478. The monoisotopic (exact) mass is 536 g/mol. The van der Waals surface area contributed by atoms with Crippen molar-refractivity contribution in [3.63, 3.8) is 0 Å². The van der Waals surface area contributed by atoms with E-state index in [1.807, 2.05) is 19.1 Å². The van der Waals surface area contributed by atoms with Gasteiger partial charge in [0.15, 0.2) is 0 Å². The number of ether oxygens (including phenoxy) is 1. The van der Waals surface area contributed by atoms with Crippen LogP contribution in [0.2, 0.25) is 0 Å². The molecule has 0 atom stereocenters. The molecule has 0 aliphatic carbocycles. The molecule has 3 heterocycles. The standard InChI is InChI=1S/C27H23F3N6O3/c1-15-4-5-19(34-26(38)35-20-6-7-23(32-14-20)27(28,29)30)13-21(15)18-10-22(36-25(12-18)39-3)17-8-9-31-24(11-17)33-16(2)37/h4-14H,1-3H3,(H,31,33,37)(H2,34,35,38). The molecule has 0 unspecified atom stereocenters. The van der Waals surface area contributed by atoms with E-state index in [1.54, 1.807) is 36.5 Å². The van der Waals surface area contributed by atoms with E-state index in [9.17, 15) is 22.8 Å². The number of anilines is 3. The molecule has 0 aliphatic heterocycles. The van der Waals surface area contributed by atoms with E-state index in [0.29, 0.717) is 28.6 Å². The fourth-order valence-electron chi connectivity index (χ4n) is 3.69. The first kappa shape index (κ1) is 27.0. The topological polar surface area (TPSA) is 118 Å². The number of hydrogen-bond acceptors (Lipinski definition) is 6. The SMILES string of the molecule is COc1cc(-c2cc(NC(=O)Nc3ccc(C(F)(F)F)nc3)ccc2C)cc(-c2ccnc(NC(C)=O)c2)n1. The van der Waals surface area contributed by atoms with Crippen LogP contribution in [0.25, 0.3) is 22.4 Å². The van der Waals surface area contributed by atoms with Crippen LogP contribution in [-0.4, -0.2) is 34.0 Å². The lowest BCUT2D eigenvalue weighted by Crippen LogP contribution is -2.20. The fraction of sp³-hybridized carbons (Fsp3) is 0.148. The third-order valence-electron chi connectivity index (χ3n) is 5.49. The van der Waals surface area contributed by atoms with E-state index in [1.165, 1.54) is 14.0 Å². The van der Waals surface area contributed by atoms with Gasteiger partial charge in [0.25, 0.3) is 0 Å². The van der Waals surface area contributed by atoms with Gasteiger partial charge in [-0.05, 0) is 66.1 Å². The number of amides is 3. The molecule has 3 N–H and O–H groups in total. The summed E-state index contributed by atoms with van der Waals surface area (Å²) < 4.78 is 43.6. The van der Waals surface area contributed by atoms with Gasteiger partial charge in [-0.3, -0.25) is 4.79 Å². The van der Waals surface area contributed by atoms with Crippen molar-refractivity contribution in [2.45, 2.75) is 20.0 Å². The predicted molar refractivity (Wildman–Crippen MR) is 140 cm³/mol. The summed E-state index contributed by atoms with van der Waals surface area (Å²) in [7, 11) is 1.50. The number of halogens is 3. The van der Waals surface area contributed by atoms with Gasteiger partial charge >= 0.3 is 12.2 Å². The zero-order valence-corrected chi connectivity index (χ0v) is 21.1. The molecule has 0 fully saturated rings. The van der Waals surface area contributed by atoms with Crippen LogP contribution in [0.1, 0.15) is 18.2 Å². The zero-order chi connectivity index (χ0) is 28.2. The molecule has 3 amide bonds. The maximum atomic E-state index is 12.7. The third kappa shape index (κ3) is 6.86. The number of pyridine rings is 3. The lowest BCUT2D eigenvalue weighted by molar-refractivity contribution is -0.141. The van der Waals surface area contributed by atoms with Crippen molar-refractivity contribution in [1.82, 2.24) is 15.0 Å². The summed E-state index contributed by atoms with van der Waals surface area (Å²) in [6.07, 6.45) is -2.08. The second-order valence-corrected chi connectivity index (χ2v) is 8.43. The minimum absolute atomic E-state index is 0.104. The van der Waals surface area contributed by atoms with Gasteiger partial charge in [-0.1, -0.05) is 6.07 Å². The molecule has 4 rings (SSSR count). The van der Waals surface area contributed by atoms with Gasteiger partial charge in [-0.25, -0.2) is 19.7 Å². The van der Waals surface area contributed by atoms with Crippen LogP contribution in [0.4, 0.5) is 35.2 Å². The van der Waals surface area contributed by atoms with Gasteiger partial charge in [0, 0.05) is 30.4 Å². The average molecular weight is 537 g/mol. The summed E-state index contributed by atoms with van der Waals surface area (Å²) in [6.45, 7) is 3.29. The van der Waals surface area contributed by atoms with E-state index in [-0.39, 0.29) is 11.6 Å². The Kier molecular flexibility index (Phi) is 7.75. The molecule has 0 radical (unpaired) electrons. The highest BCUT2D eigenvalue weighted by Gasteiger charge is 2.32. The Balaban J connectivity index is 1.59. The summed E-state index contributed by atoms with van der Waals surface area (Å²) >= 11 is 0. The smallest absolute Gasteiger partial charge is 0.433 e. The van der Waals surface area contributed by atoms with Crippen LogP contribution in [0.3, 0.4) is 0 Å². The second kappa shape index (κ2) is 11.2. The van der Waals surface area contributed by atoms with Crippen LogP contribution in [-0.2, 0) is 11.0 Å². The molecule has 12 heteroatoms. The summed E-state index contributed by atoms with van der Waals surface area (Å²) in [5.41, 5.74) is 3.21. The predicted octanol–water partition coefficient (Wildman–Crippen LogP) is 6.14. The number of carbonyl (C=O) groups is 2. The molecule has 0 saturated carbocycles. The number of methoxy groups -OCH3 is 1. The van der Waals surface area contributed by atoms with E-state index in [2.05, 4.69) is 30.9 Å². The van der Waals surface area contributed by atoms with Crippen molar-refractivity contribution in [2.24, 2.45) is 0 Å². The van der Waals surface area contributed by atoms with Crippen molar-refractivity contribution < 1.29 is 27.5 Å². The van der Waals surface area contributed by atoms with Gasteiger partial charge in [0.05, 0.1) is 24.7 Å². The molecule has 4 aromatic rings. The Morgan fingerprint density at radius 3 is 2.28 bits per heavy atom. The van der Waals surface area contributed by atoms with Crippen molar-refractivity contribution in [2.75, 3.05) is 23.1 Å². The highest BCUT2D eigenvalue weighted by molar-refractivity contribution is 6.00. The Hall–Kier alpha value is -5.00. The van der Waals surface area contributed by atoms with Crippen LogP contribution in [0.5, 0.6) is 5.88 Å². The first-order valence-corrected chi connectivity index (χ1v) is 11.5. The molecule has 0 spiro atoms. The molecule has 0 aliphatic rings. The molecular weight excluding hydrogens is 513 g/mol. The first-order chi connectivity index (χ1) is 18.5. The molecule has 0 saturated heterocycles. The lowest BCUT2D eigenvalue weighted by atomic mass is 9.98. The number of aryl methyl sites for hydroxylation is 1. The zero-order valence-electron chi connectivity index (χ0n) is 21.1. The quantitative estimate of drug-likeness (QED) is 0.272. The highest BCUT2D eigenvalue weighted by atomic mass is 19.4. The minimum Gasteiger partial charge on any atom is -0.481 e. The number of aromatic nitrogens is 3. The van der Waals surface area contributed by atoms with E-state index >= 15 is 0 Å². The van der Waals surface area contributed by atoms with E-state index < -0.39 is 17.9 Å². The molecule has 0 bridgehead atoms. The molecule has 3 aromatic heterocycles. The van der Waals surface area contributed by atoms with Gasteiger partial charge in [-0.2, -0.15) is 13.2 Å². The molecule has 39 heavy (non-hydrogen) atoms. The first-order valence-electron chi connectivity index (χ1n) is 11.5. The number of benzene rings is 1. The van der Waals surface area contributed by atoms with Gasteiger partial charge < -0.3 is 20.7 Å². The number of urea groups is 1. The van der Waals surface area contributed by atoms with Crippen LogP contribution in [0.15, 0.2) is 67.0 Å². The van der Waals surface area contributed by atoms with Crippen molar-refractivity contribution in [3.8, 4) is 28.3 Å². The second-order valence-electron chi connectivity index (χ2n) is 8.43. The van der Waals surface area contributed by atoms with Crippen molar-refractivity contribution in [1.29, 1.82) is 0 Å². The van der Waals surface area contributed by atoms with Crippen LogP contribution >= 0.6 is 0 Å². The van der Waals surface area contributed by atoms with Crippen molar-refractivity contribution in [3.05, 3.63) is 78.2 Å². The Labute approximate surface area is 221 Å². The van der Waals surface area contributed by atoms with E-state index in [4.69, 9.17) is 4.74 Å². The van der Waals surface area contributed by atoms with E-state index in [0.717, 1.165) is 35.0 Å². The summed E-state index contributed by atoms with van der Waals surface area (Å²) in [5, 5.41) is 7.78. The number of alkyl halides is 3. The average Bonchev–Trinajstić information content (AvgIpc) is 2.89. The largest absolute Gasteiger partial charge is 0.481 e. The van der Waals surface area contributed by atoms with Gasteiger partial charge in [0.1, 0.15) is 11.5 Å². The van der Waals surface area contributed by atoms with Crippen LogP contribution in [0, 0.1) is 6.92 Å². The number of carbonyl (C=O) groups excluding carboxylic acids is 2. The summed E-state index contributed by atoms with van der Waals surface area (Å²) in [6, 6.07) is 13.6. The number of hydrogen-bond donors (Lipinski definition) is 3. The number of nitrogens with one attached hydrogen (secondary N) is 3. The van der Waals surface area contributed by atoms with Crippen LogP contribution < -0.4 is 20.7 Å². The summed E-state index contributed by atoms with van der Waals surface area (Å²) in [4.78, 5) is 35.9. The molecule has 9 nitrogen and oxygen atoms in total. The maximum absolute atomic E-state index is 12.7. The molecule has 1 aromatic carbocycles. The normalized spacial score (nSPS) is 11.0. The van der Waals surface area contributed by atoms with Gasteiger partial charge in [0.2, 0.25) is 11.8 Å². The minimum atomic E-state index is -4.57. The third-order valence-corrected chi connectivity index (χ3v) is 5.49. The maximum Gasteiger partial charge on any atom is 0.433 e. The Bertz CT molecular complexity index is 1520. The fourth-order valence-corrected chi connectivity index (χ4v) is 3.69. The lowest BCUT2D eigenvalue weighted by Gasteiger charge is -2.14. The number of nitrogens with zero attached hydrogens (tertiary/aromatic N) is 3. The Morgan fingerprint density at radius 2 is 1.62 bits per heavy atom. The Morgan fingerprint density at radius 1 is 0.872 bits per heavy atom. The van der Waals surface area contributed by atoms with Crippen molar-refractivity contribution >= 4 is 29.1 Å². The highest BCUT2D eigenvalue weighted by Crippen LogP contribution is 2.33. The number of rotatable bonds is 6. The molecular formula is C27H23F3N6O3.